The van der Waals surface area contributed by atoms with Crippen LogP contribution in [0.3, 0.4) is 0 Å². The van der Waals surface area contributed by atoms with Crippen molar-refractivity contribution in [2.24, 2.45) is 0 Å². The lowest BCUT2D eigenvalue weighted by atomic mass is 9.91. The van der Waals surface area contributed by atoms with Gasteiger partial charge in [0, 0.05) is 16.8 Å². The number of halogens is 5. The Balaban J connectivity index is 2.21. The zero-order valence-electron chi connectivity index (χ0n) is 12.0. The largest absolute Gasteiger partial charge is 0.495 e. The number of anilines is 1. The summed E-state index contributed by atoms with van der Waals surface area (Å²) in [6.07, 6.45) is -3.24. The fourth-order valence-electron chi connectivity index (χ4n) is 2.57. The first-order valence-electron chi connectivity index (χ1n) is 6.60. The number of ether oxygens (including phenoxy) is 1. The minimum atomic E-state index is -4.53. The first-order chi connectivity index (χ1) is 11.2. The average Bonchev–Trinajstić information content (AvgIpc) is 2.78. The Hall–Kier alpha value is -1.99. The Morgan fingerprint density at radius 1 is 1.25 bits per heavy atom. The van der Waals surface area contributed by atoms with Gasteiger partial charge in [0.05, 0.1) is 18.9 Å². The fraction of sp³-hybridized carbons (Fsp3) is 0.200. The molecule has 0 saturated heterocycles. The maximum Gasteiger partial charge on any atom is 0.416 e. The summed E-state index contributed by atoms with van der Waals surface area (Å²) in [5.74, 6) is -0.503. The quantitative estimate of drug-likeness (QED) is 0.631. The van der Waals surface area contributed by atoms with Crippen molar-refractivity contribution in [3.8, 4) is 5.75 Å². The number of carbonyl (C=O) groups excluding carboxylic acids is 1. The molecule has 1 aromatic carbocycles. The number of hydrogen-bond donors (Lipinski definition) is 1. The van der Waals surface area contributed by atoms with Crippen molar-refractivity contribution in [1.82, 2.24) is 4.98 Å². The van der Waals surface area contributed by atoms with Crippen LogP contribution in [0.4, 0.5) is 18.9 Å². The maximum atomic E-state index is 12.8. The fourth-order valence-corrected chi connectivity index (χ4v) is 3.09. The van der Waals surface area contributed by atoms with Crippen molar-refractivity contribution in [2.75, 3.05) is 12.4 Å². The molecule has 0 fully saturated rings. The Labute approximate surface area is 144 Å². The molecular formula is C15H9Cl2F3N2O2. The smallest absolute Gasteiger partial charge is 0.416 e. The Morgan fingerprint density at radius 3 is 2.58 bits per heavy atom. The third kappa shape index (κ3) is 2.48. The molecular weight excluding hydrogens is 368 g/mol. The molecule has 126 valence electrons. The lowest BCUT2D eigenvalue weighted by Crippen LogP contribution is -2.30. The average molecular weight is 377 g/mol. The van der Waals surface area contributed by atoms with Crippen LogP contribution >= 0.6 is 23.2 Å². The first-order valence-corrected chi connectivity index (χ1v) is 7.35. The highest BCUT2D eigenvalue weighted by molar-refractivity contribution is 6.41. The zero-order chi connectivity index (χ0) is 17.7. The van der Waals surface area contributed by atoms with Crippen molar-refractivity contribution < 1.29 is 22.7 Å². The van der Waals surface area contributed by atoms with Gasteiger partial charge >= 0.3 is 6.18 Å². The Kier molecular flexibility index (Phi) is 3.88. The van der Waals surface area contributed by atoms with Crippen LogP contribution in [0.25, 0.3) is 0 Å². The summed E-state index contributed by atoms with van der Waals surface area (Å²) in [6, 6.07) is 4.22. The molecule has 0 bridgehead atoms. The maximum absolute atomic E-state index is 12.8. The summed E-state index contributed by atoms with van der Waals surface area (Å²) in [6.45, 7) is 0. The second-order valence-corrected chi connectivity index (χ2v) is 6.03. The summed E-state index contributed by atoms with van der Waals surface area (Å²) < 4.78 is 43.7. The van der Waals surface area contributed by atoms with E-state index in [-0.39, 0.29) is 27.7 Å². The molecule has 0 radical (unpaired) electrons. The van der Waals surface area contributed by atoms with E-state index in [0.29, 0.717) is 0 Å². The van der Waals surface area contributed by atoms with Crippen LogP contribution in [-0.4, -0.2) is 18.0 Å². The monoisotopic (exact) mass is 376 g/mol. The number of amides is 1. The van der Waals surface area contributed by atoms with Crippen LogP contribution in [0.1, 0.15) is 16.7 Å². The van der Waals surface area contributed by atoms with Gasteiger partial charge in [-0.3, -0.25) is 4.79 Å². The normalized spacial score (nSPS) is 19.8. The van der Waals surface area contributed by atoms with E-state index in [0.717, 1.165) is 18.2 Å². The second-order valence-electron chi connectivity index (χ2n) is 5.08. The number of nitrogens with zero attached hydrogens (tertiary/aromatic N) is 1. The van der Waals surface area contributed by atoms with Gasteiger partial charge in [0.1, 0.15) is 10.9 Å². The standard InChI is InChI=1S/C15H9Cl2F3N2O2/c1-24-11-6-21-12(16)5-9(11)14(17)8-3-2-7(15(18,19)20)4-10(8)22-13(14)23/h2-6H,1H3,(H,22,23). The summed E-state index contributed by atoms with van der Waals surface area (Å²) in [7, 11) is 1.36. The number of pyridine rings is 1. The molecule has 0 aliphatic carbocycles. The van der Waals surface area contributed by atoms with Gasteiger partial charge in [-0.05, 0) is 18.2 Å². The molecule has 0 spiro atoms. The second kappa shape index (κ2) is 5.53. The van der Waals surface area contributed by atoms with Gasteiger partial charge in [0.2, 0.25) is 0 Å². The highest BCUT2D eigenvalue weighted by Crippen LogP contribution is 2.50. The summed E-state index contributed by atoms with van der Waals surface area (Å²) >= 11 is 12.4. The van der Waals surface area contributed by atoms with Crippen LogP contribution in [0.15, 0.2) is 30.5 Å². The van der Waals surface area contributed by atoms with Gasteiger partial charge in [-0.1, -0.05) is 29.3 Å². The SMILES string of the molecule is COc1cnc(Cl)cc1C1(Cl)C(=O)Nc2cc(C(F)(F)F)ccc21. The number of benzene rings is 1. The molecule has 1 aliphatic heterocycles. The molecule has 3 rings (SSSR count). The van der Waals surface area contributed by atoms with Crippen molar-refractivity contribution in [3.05, 3.63) is 52.3 Å². The van der Waals surface area contributed by atoms with Crippen LogP contribution in [-0.2, 0) is 15.8 Å². The number of rotatable bonds is 2. The molecule has 24 heavy (non-hydrogen) atoms. The number of aromatic nitrogens is 1. The van der Waals surface area contributed by atoms with Crippen molar-refractivity contribution in [3.63, 3.8) is 0 Å². The number of carbonyl (C=O) groups is 1. The van der Waals surface area contributed by atoms with E-state index in [9.17, 15) is 18.0 Å². The van der Waals surface area contributed by atoms with Crippen LogP contribution in [0.5, 0.6) is 5.75 Å². The summed E-state index contributed by atoms with van der Waals surface area (Å²) in [5.41, 5.74) is -0.521. The third-order valence-electron chi connectivity index (χ3n) is 3.70. The molecule has 1 amide bonds. The lowest BCUT2D eigenvalue weighted by Gasteiger charge is -2.22. The van der Waals surface area contributed by atoms with E-state index < -0.39 is 22.5 Å². The van der Waals surface area contributed by atoms with Gasteiger partial charge in [0.25, 0.3) is 5.91 Å². The predicted octanol–water partition coefficient (Wildman–Crippen LogP) is 4.20. The van der Waals surface area contributed by atoms with Gasteiger partial charge in [-0.2, -0.15) is 13.2 Å². The number of fused-ring (bicyclic) bond motifs is 1. The Bertz CT molecular complexity index is 842. The van der Waals surface area contributed by atoms with Crippen molar-refractivity contribution in [2.45, 2.75) is 11.1 Å². The lowest BCUT2D eigenvalue weighted by molar-refractivity contribution is -0.137. The van der Waals surface area contributed by atoms with Gasteiger partial charge < -0.3 is 10.1 Å². The number of alkyl halides is 4. The topological polar surface area (TPSA) is 51.2 Å². The molecule has 1 atom stereocenters. The first kappa shape index (κ1) is 16.9. The van der Waals surface area contributed by atoms with E-state index in [2.05, 4.69) is 10.3 Å². The van der Waals surface area contributed by atoms with Crippen LogP contribution in [0, 0.1) is 0 Å². The van der Waals surface area contributed by atoms with E-state index in [1.807, 2.05) is 0 Å². The molecule has 2 heterocycles. The molecule has 1 N–H and O–H groups in total. The molecule has 0 saturated carbocycles. The molecule has 1 aromatic heterocycles. The molecule has 2 aromatic rings. The highest BCUT2D eigenvalue weighted by atomic mass is 35.5. The zero-order valence-corrected chi connectivity index (χ0v) is 13.6. The molecule has 9 heteroatoms. The molecule has 1 aliphatic rings. The minimum absolute atomic E-state index is 0.0141. The van der Waals surface area contributed by atoms with Gasteiger partial charge in [0.15, 0.2) is 4.87 Å². The summed E-state index contributed by atoms with van der Waals surface area (Å²) in [5, 5.41) is 2.45. The van der Waals surface area contributed by atoms with Crippen molar-refractivity contribution >= 4 is 34.8 Å². The van der Waals surface area contributed by atoms with E-state index >= 15 is 0 Å². The molecule has 1 unspecified atom stereocenters. The third-order valence-corrected chi connectivity index (χ3v) is 4.49. The van der Waals surface area contributed by atoms with Crippen LogP contribution in [0.2, 0.25) is 5.15 Å². The van der Waals surface area contributed by atoms with Crippen LogP contribution < -0.4 is 10.1 Å². The summed E-state index contributed by atoms with van der Waals surface area (Å²) in [4.78, 5) is 14.5. The predicted molar refractivity (Wildman–Crippen MR) is 82.5 cm³/mol. The van der Waals surface area contributed by atoms with E-state index in [1.165, 1.54) is 19.4 Å². The van der Waals surface area contributed by atoms with E-state index in [1.54, 1.807) is 0 Å². The highest BCUT2D eigenvalue weighted by Gasteiger charge is 2.49. The molecule has 4 nitrogen and oxygen atoms in total. The number of hydrogen-bond acceptors (Lipinski definition) is 3. The van der Waals surface area contributed by atoms with Gasteiger partial charge in [-0.25, -0.2) is 4.98 Å². The number of methoxy groups -OCH3 is 1. The van der Waals surface area contributed by atoms with Crippen molar-refractivity contribution in [1.29, 1.82) is 0 Å². The minimum Gasteiger partial charge on any atom is -0.495 e. The van der Waals surface area contributed by atoms with Gasteiger partial charge in [-0.15, -0.1) is 0 Å². The van der Waals surface area contributed by atoms with E-state index in [4.69, 9.17) is 27.9 Å². The Morgan fingerprint density at radius 2 is 1.96 bits per heavy atom. The number of nitrogens with one attached hydrogen (secondary N) is 1.